The number of benzene rings is 3. The van der Waals surface area contributed by atoms with Crippen molar-refractivity contribution in [3.63, 3.8) is 0 Å². The fourth-order valence-electron chi connectivity index (χ4n) is 4.73. The first-order chi connectivity index (χ1) is 20.5. The van der Waals surface area contributed by atoms with Crippen molar-refractivity contribution in [3.05, 3.63) is 94.5 Å². The predicted octanol–water partition coefficient (Wildman–Crippen LogP) is 5.81. The standard InChI is InChI=1S/C33H42BrN3O5S/c1-5-42-31-18-10-9-17-29(31)37(43(4,40)41)20-12-19-32(38)36(24-27-15-11-16-28(34)21-27)30(33(39)35-23-25(2)3)22-26-13-7-6-8-14-26/h6-11,13-18,21,25,30H,5,12,19-20,22-24H2,1-4H3,(H,35,39). The SMILES string of the molecule is CCOc1ccccc1N(CCCC(=O)N(Cc1cccc(Br)c1)C(Cc1ccccc1)C(=O)NCC(C)C)S(C)(=O)=O. The smallest absolute Gasteiger partial charge is 0.243 e. The summed E-state index contributed by atoms with van der Waals surface area (Å²) in [7, 11) is -3.66. The molecule has 3 aromatic carbocycles. The number of hydrogen-bond donors (Lipinski definition) is 1. The average molecular weight is 673 g/mol. The maximum absolute atomic E-state index is 14.0. The van der Waals surface area contributed by atoms with Crippen LogP contribution in [0.3, 0.4) is 0 Å². The molecule has 0 aromatic heterocycles. The fraction of sp³-hybridized carbons (Fsp3) is 0.394. The molecule has 0 bridgehead atoms. The molecule has 0 fully saturated rings. The molecule has 0 aliphatic heterocycles. The van der Waals surface area contributed by atoms with Crippen molar-refractivity contribution in [3.8, 4) is 5.75 Å². The average Bonchev–Trinajstić information content (AvgIpc) is 2.96. The number of hydrogen-bond acceptors (Lipinski definition) is 5. The van der Waals surface area contributed by atoms with Gasteiger partial charge >= 0.3 is 0 Å². The molecule has 0 saturated carbocycles. The van der Waals surface area contributed by atoms with Gasteiger partial charge in [0.15, 0.2) is 0 Å². The van der Waals surface area contributed by atoms with Crippen LogP contribution in [-0.2, 0) is 32.6 Å². The Morgan fingerprint density at radius 1 is 0.953 bits per heavy atom. The van der Waals surface area contributed by atoms with E-state index in [0.29, 0.717) is 31.0 Å². The monoisotopic (exact) mass is 671 g/mol. The van der Waals surface area contributed by atoms with Crippen LogP contribution >= 0.6 is 15.9 Å². The summed E-state index contributed by atoms with van der Waals surface area (Å²) in [6.45, 7) is 7.08. The zero-order valence-corrected chi connectivity index (χ0v) is 27.7. The van der Waals surface area contributed by atoms with E-state index in [1.54, 1.807) is 29.2 Å². The fourth-order valence-corrected chi connectivity index (χ4v) is 6.15. The van der Waals surface area contributed by atoms with Crippen molar-refractivity contribution < 1.29 is 22.7 Å². The molecule has 232 valence electrons. The van der Waals surface area contributed by atoms with Crippen LogP contribution in [0.25, 0.3) is 0 Å². The highest BCUT2D eigenvalue weighted by molar-refractivity contribution is 9.10. The van der Waals surface area contributed by atoms with Crippen LogP contribution < -0.4 is 14.4 Å². The highest BCUT2D eigenvalue weighted by Gasteiger charge is 2.31. The van der Waals surface area contributed by atoms with E-state index >= 15 is 0 Å². The minimum Gasteiger partial charge on any atom is -0.492 e. The van der Waals surface area contributed by atoms with Crippen LogP contribution in [0.5, 0.6) is 5.75 Å². The highest BCUT2D eigenvalue weighted by atomic mass is 79.9. The van der Waals surface area contributed by atoms with E-state index in [9.17, 15) is 18.0 Å². The van der Waals surface area contributed by atoms with Crippen molar-refractivity contribution in [1.29, 1.82) is 0 Å². The Balaban J connectivity index is 1.90. The van der Waals surface area contributed by atoms with Crippen LogP contribution in [0.1, 0.15) is 44.7 Å². The van der Waals surface area contributed by atoms with Crippen molar-refractivity contribution in [2.45, 2.75) is 52.6 Å². The molecule has 0 heterocycles. The normalized spacial score (nSPS) is 12.0. The van der Waals surface area contributed by atoms with Gasteiger partial charge in [-0.15, -0.1) is 0 Å². The summed E-state index contributed by atoms with van der Waals surface area (Å²) in [5.41, 5.74) is 2.25. The number of carbonyl (C=O) groups excluding carboxylic acids is 2. The number of carbonyl (C=O) groups is 2. The Morgan fingerprint density at radius 2 is 1.63 bits per heavy atom. The summed E-state index contributed by atoms with van der Waals surface area (Å²) in [4.78, 5) is 29.3. The molecule has 2 amide bonds. The molecule has 0 radical (unpaired) electrons. The molecule has 43 heavy (non-hydrogen) atoms. The minimum absolute atomic E-state index is 0.0551. The largest absolute Gasteiger partial charge is 0.492 e. The van der Waals surface area contributed by atoms with Crippen LogP contribution in [0.4, 0.5) is 5.69 Å². The summed E-state index contributed by atoms with van der Waals surface area (Å²) in [5.74, 6) is 0.260. The molecule has 3 rings (SSSR count). The maximum atomic E-state index is 14.0. The molecule has 8 nitrogen and oxygen atoms in total. The number of amides is 2. The van der Waals surface area contributed by atoms with Gasteiger partial charge in [-0.2, -0.15) is 0 Å². The van der Waals surface area contributed by atoms with Gasteiger partial charge in [0.25, 0.3) is 0 Å². The molecular formula is C33H42BrN3O5S. The molecule has 1 unspecified atom stereocenters. The Labute approximate surface area is 264 Å². The number of para-hydroxylation sites is 2. The van der Waals surface area contributed by atoms with E-state index in [4.69, 9.17) is 4.74 Å². The van der Waals surface area contributed by atoms with Crippen molar-refractivity contribution in [2.75, 3.05) is 30.3 Å². The van der Waals surface area contributed by atoms with Gasteiger partial charge < -0.3 is 15.0 Å². The summed E-state index contributed by atoms with van der Waals surface area (Å²) in [5, 5.41) is 3.03. The molecule has 0 saturated heterocycles. The Morgan fingerprint density at radius 3 is 2.28 bits per heavy atom. The number of nitrogens with one attached hydrogen (secondary N) is 1. The maximum Gasteiger partial charge on any atom is 0.243 e. The molecular weight excluding hydrogens is 630 g/mol. The summed E-state index contributed by atoms with van der Waals surface area (Å²) in [6.07, 6.45) is 1.81. The third-order valence-electron chi connectivity index (χ3n) is 6.78. The lowest BCUT2D eigenvalue weighted by Crippen LogP contribution is -2.51. The minimum atomic E-state index is -3.66. The molecule has 10 heteroatoms. The molecule has 1 N–H and O–H groups in total. The summed E-state index contributed by atoms with van der Waals surface area (Å²) in [6, 6.07) is 23.5. The lowest BCUT2D eigenvalue weighted by molar-refractivity contribution is -0.141. The van der Waals surface area contributed by atoms with Gasteiger partial charge in [0.2, 0.25) is 21.8 Å². The van der Waals surface area contributed by atoms with E-state index in [0.717, 1.165) is 21.9 Å². The first kappa shape index (κ1) is 34.1. The van der Waals surface area contributed by atoms with Gasteiger partial charge in [-0.1, -0.05) is 84.4 Å². The van der Waals surface area contributed by atoms with E-state index < -0.39 is 16.1 Å². The van der Waals surface area contributed by atoms with E-state index in [1.165, 1.54) is 4.31 Å². The molecule has 0 aliphatic rings. The molecule has 0 aliphatic carbocycles. The topological polar surface area (TPSA) is 96.0 Å². The number of rotatable bonds is 16. The van der Waals surface area contributed by atoms with Crippen LogP contribution in [-0.4, -0.2) is 57.1 Å². The number of ether oxygens (including phenoxy) is 1. The van der Waals surface area contributed by atoms with Gasteiger partial charge in [0.05, 0.1) is 18.6 Å². The molecule has 1 atom stereocenters. The lowest BCUT2D eigenvalue weighted by Gasteiger charge is -2.32. The number of nitrogens with zero attached hydrogens (tertiary/aromatic N) is 2. The van der Waals surface area contributed by atoms with Crippen molar-refractivity contribution >= 4 is 43.5 Å². The zero-order chi connectivity index (χ0) is 31.4. The highest BCUT2D eigenvalue weighted by Crippen LogP contribution is 2.30. The second kappa shape index (κ2) is 16.5. The van der Waals surface area contributed by atoms with Crippen LogP contribution in [0.15, 0.2) is 83.3 Å². The molecule has 0 spiro atoms. The van der Waals surface area contributed by atoms with E-state index in [-0.39, 0.29) is 43.7 Å². The Hall–Kier alpha value is -3.37. The predicted molar refractivity (Wildman–Crippen MR) is 176 cm³/mol. The van der Waals surface area contributed by atoms with Crippen molar-refractivity contribution in [2.24, 2.45) is 5.92 Å². The summed E-state index contributed by atoms with van der Waals surface area (Å²) >= 11 is 3.51. The van der Waals surface area contributed by atoms with Gasteiger partial charge in [0, 0.05) is 36.9 Å². The van der Waals surface area contributed by atoms with Gasteiger partial charge in [-0.05, 0) is 54.7 Å². The third-order valence-corrected chi connectivity index (χ3v) is 8.46. The molecule has 3 aromatic rings. The van der Waals surface area contributed by atoms with E-state index in [2.05, 4.69) is 21.2 Å². The van der Waals surface area contributed by atoms with E-state index in [1.807, 2.05) is 75.4 Å². The van der Waals surface area contributed by atoms with Crippen LogP contribution in [0.2, 0.25) is 0 Å². The van der Waals surface area contributed by atoms with Crippen molar-refractivity contribution in [1.82, 2.24) is 10.2 Å². The van der Waals surface area contributed by atoms with Gasteiger partial charge in [-0.3, -0.25) is 13.9 Å². The second-order valence-corrected chi connectivity index (χ2v) is 13.7. The van der Waals surface area contributed by atoms with Gasteiger partial charge in [0.1, 0.15) is 11.8 Å². The first-order valence-electron chi connectivity index (χ1n) is 14.5. The number of anilines is 1. The third kappa shape index (κ3) is 10.7. The first-order valence-corrected chi connectivity index (χ1v) is 17.2. The van der Waals surface area contributed by atoms with Crippen LogP contribution in [0, 0.1) is 5.92 Å². The second-order valence-electron chi connectivity index (χ2n) is 10.8. The Bertz CT molecular complexity index is 1450. The zero-order valence-electron chi connectivity index (χ0n) is 25.3. The summed E-state index contributed by atoms with van der Waals surface area (Å²) < 4.78 is 33.5. The number of halogens is 1. The number of sulfonamides is 1. The van der Waals surface area contributed by atoms with Gasteiger partial charge in [-0.25, -0.2) is 8.42 Å². The Kier molecular flexibility index (Phi) is 13.1. The quantitative estimate of drug-likeness (QED) is 0.208. The lowest BCUT2D eigenvalue weighted by atomic mass is 10.0.